The number of aromatic nitrogens is 1. The van der Waals surface area contributed by atoms with Crippen LogP contribution in [-0.4, -0.2) is 10.4 Å². The molecule has 0 saturated heterocycles. The summed E-state index contributed by atoms with van der Waals surface area (Å²) in [7, 11) is 0. The average Bonchev–Trinajstić information content (AvgIpc) is 2.88. The molecule has 0 atom stereocenters. The molecule has 0 aliphatic rings. The van der Waals surface area contributed by atoms with E-state index in [2.05, 4.69) is 0 Å². The van der Waals surface area contributed by atoms with Crippen LogP contribution in [0.2, 0.25) is 0 Å². The van der Waals surface area contributed by atoms with Crippen molar-refractivity contribution < 1.29 is 4.79 Å². The molecule has 0 spiro atoms. The van der Waals surface area contributed by atoms with Gasteiger partial charge in [0.15, 0.2) is 5.78 Å². The minimum atomic E-state index is 0.0288. The van der Waals surface area contributed by atoms with Crippen molar-refractivity contribution in [3.8, 4) is 0 Å². The van der Waals surface area contributed by atoms with Crippen LogP contribution in [0.4, 0.5) is 0 Å². The molecule has 0 N–H and O–H groups in total. The average molecular weight is 261 g/mol. The number of hydrogen-bond acceptors (Lipinski definition) is 3. The lowest BCUT2D eigenvalue weighted by molar-refractivity contribution is 0.0982. The highest BCUT2D eigenvalue weighted by Gasteiger charge is 2.06. The molecule has 0 saturated carbocycles. The van der Waals surface area contributed by atoms with E-state index in [4.69, 9.17) is 0 Å². The molecule has 0 unspecified atom stereocenters. The fraction of sp³-hybridized carbons (Fsp3) is 0.286. The predicted molar refractivity (Wildman–Crippen MR) is 73.3 cm³/mol. The highest BCUT2D eigenvalue weighted by molar-refractivity contribution is 7.12. The monoisotopic (exact) mass is 261 g/mol. The Morgan fingerprint density at radius 2 is 2.17 bits per heavy atom. The molecular formula is C14H15NO2S. The lowest BCUT2D eigenvalue weighted by atomic mass is 10.2. The minimum Gasteiger partial charge on any atom is -0.315 e. The van der Waals surface area contributed by atoms with Crippen LogP contribution in [0.15, 0.2) is 40.6 Å². The summed E-state index contributed by atoms with van der Waals surface area (Å²) < 4.78 is 1.66. The summed E-state index contributed by atoms with van der Waals surface area (Å²) in [4.78, 5) is 24.3. The highest BCUT2D eigenvalue weighted by atomic mass is 32.1. The molecule has 0 bridgehead atoms. The Morgan fingerprint density at radius 3 is 2.89 bits per heavy atom. The first-order chi connectivity index (χ1) is 8.68. The van der Waals surface area contributed by atoms with Gasteiger partial charge in [-0.25, -0.2) is 0 Å². The lowest BCUT2D eigenvalue weighted by Crippen LogP contribution is -2.21. The summed E-state index contributed by atoms with van der Waals surface area (Å²) in [5, 5.41) is 1.90. The zero-order valence-electron chi connectivity index (χ0n) is 10.3. The van der Waals surface area contributed by atoms with E-state index >= 15 is 0 Å². The fourth-order valence-electron chi connectivity index (χ4n) is 1.80. The molecule has 0 aliphatic carbocycles. The van der Waals surface area contributed by atoms with Crippen LogP contribution in [0.1, 0.15) is 28.1 Å². The Bertz CT molecular complexity index is 584. The quantitative estimate of drug-likeness (QED) is 0.776. The summed E-state index contributed by atoms with van der Waals surface area (Å²) in [6, 6.07) is 7.38. The summed E-state index contributed by atoms with van der Waals surface area (Å²) in [5.41, 5.74) is 0.767. The molecule has 0 amide bonds. The van der Waals surface area contributed by atoms with E-state index in [1.165, 1.54) is 11.3 Å². The van der Waals surface area contributed by atoms with Crippen LogP contribution in [0.25, 0.3) is 0 Å². The van der Waals surface area contributed by atoms with Gasteiger partial charge in [-0.05, 0) is 30.9 Å². The number of Topliss-reactive ketones (excluding diaryl/α,β-unsaturated/α-hetero) is 1. The maximum absolute atomic E-state index is 11.8. The standard InChI is InChI=1S/C14H15NO2S/c1-11-5-2-8-15(14(11)17)9-3-6-12(16)13-7-4-10-18-13/h2,4-5,7-8,10H,3,6,9H2,1H3. The van der Waals surface area contributed by atoms with Gasteiger partial charge in [0, 0.05) is 24.7 Å². The Balaban J connectivity index is 1.91. The molecular weight excluding hydrogens is 246 g/mol. The molecule has 94 valence electrons. The zero-order valence-corrected chi connectivity index (χ0v) is 11.1. The third-order valence-corrected chi connectivity index (χ3v) is 3.72. The number of thiophene rings is 1. The van der Waals surface area contributed by atoms with Gasteiger partial charge in [0.05, 0.1) is 4.88 Å². The van der Waals surface area contributed by atoms with Gasteiger partial charge >= 0.3 is 0 Å². The maximum Gasteiger partial charge on any atom is 0.253 e. The number of rotatable bonds is 5. The van der Waals surface area contributed by atoms with Crippen LogP contribution < -0.4 is 5.56 Å². The van der Waals surface area contributed by atoms with Crippen molar-refractivity contribution in [3.05, 3.63) is 56.6 Å². The number of pyridine rings is 1. The van der Waals surface area contributed by atoms with E-state index in [0.29, 0.717) is 19.4 Å². The van der Waals surface area contributed by atoms with Gasteiger partial charge in [-0.1, -0.05) is 12.1 Å². The summed E-state index contributed by atoms with van der Waals surface area (Å²) in [6.07, 6.45) is 2.95. The largest absolute Gasteiger partial charge is 0.315 e. The van der Waals surface area contributed by atoms with Crippen molar-refractivity contribution in [3.63, 3.8) is 0 Å². The first-order valence-electron chi connectivity index (χ1n) is 5.91. The van der Waals surface area contributed by atoms with Crippen LogP contribution >= 0.6 is 11.3 Å². The third-order valence-electron chi connectivity index (χ3n) is 2.81. The molecule has 0 radical (unpaired) electrons. The van der Waals surface area contributed by atoms with Crippen LogP contribution in [0, 0.1) is 6.92 Å². The van der Waals surface area contributed by atoms with E-state index in [1.54, 1.807) is 23.8 Å². The van der Waals surface area contributed by atoms with Crippen molar-refractivity contribution >= 4 is 17.1 Å². The number of ketones is 1. The van der Waals surface area contributed by atoms with Crippen LogP contribution in [0.5, 0.6) is 0 Å². The molecule has 2 rings (SSSR count). The molecule has 18 heavy (non-hydrogen) atoms. The molecule has 0 aromatic carbocycles. The van der Waals surface area contributed by atoms with E-state index in [9.17, 15) is 9.59 Å². The summed E-state index contributed by atoms with van der Waals surface area (Å²) in [5.74, 6) is 0.158. The number of carbonyl (C=O) groups excluding carboxylic acids is 1. The molecule has 3 nitrogen and oxygen atoms in total. The smallest absolute Gasteiger partial charge is 0.253 e. The Kier molecular flexibility index (Phi) is 4.10. The number of nitrogens with zero attached hydrogens (tertiary/aromatic N) is 1. The molecule has 2 aromatic rings. The minimum absolute atomic E-state index is 0.0288. The number of carbonyl (C=O) groups is 1. The third kappa shape index (κ3) is 2.96. The van der Waals surface area contributed by atoms with E-state index in [-0.39, 0.29) is 11.3 Å². The fourth-order valence-corrected chi connectivity index (χ4v) is 2.50. The van der Waals surface area contributed by atoms with Gasteiger partial charge < -0.3 is 4.57 Å². The predicted octanol–water partition coefficient (Wildman–Crippen LogP) is 2.88. The molecule has 2 heterocycles. The van der Waals surface area contributed by atoms with Crippen molar-refractivity contribution in [2.45, 2.75) is 26.3 Å². The van der Waals surface area contributed by atoms with Gasteiger partial charge in [0.1, 0.15) is 0 Å². The Hall–Kier alpha value is -1.68. The number of aryl methyl sites for hydroxylation is 2. The molecule has 2 aromatic heterocycles. The van der Waals surface area contributed by atoms with Crippen molar-refractivity contribution in [2.75, 3.05) is 0 Å². The normalized spacial score (nSPS) is 10.5. The number of hydrogen-bond donors (Lipinski definition) is 0. The van der Waals surface area contributed by atoms with Gasteiger partial charge in [-0.2, -0.15) is 0 Å². The molecule has 4 heteroatoms. The second-order valence-electron chi connectivity index (χ2n) is 4.19. The van der Waals surface area contributed by atoms with E-state index in [0.717, 1.165) is 10.4 Å². The van der Waals surface area contributed by atoms with Gasteiger partial charge in [0.25, 0.3) is 5.56 Å². The SMILES string of the molecule is Cc1cccn(CCCC(=O)c2cccs2)c1=O. The highest BCUT2D eigenvalue weighted by Crippen LogP contribution is 2.12. The van der Waals surface area contributed by atoms with Gasteiger partial charge in [-0.15, -0.1) is 11.3 Å². The molecule has 0 aliphatic heterocycles. The summed E-state index contributed by atoms with van der Waals surface area (Å²) in [6.45, 7) is 2.40. The topological polar surface area (TPSA) is 39.1 Å². The Labute approximate surface area is 110 Å². The van der Waals surface area contributed by atoms with Crippen molar-refractivity contribution in [1.82, 2.24) is 4.57 Å². The van der Waals surface area contributed by atoms with E-state index in [1.807, 2.05) is 23.6 Å². The van der Waals surface area contributed by atoms with Crippen LogP contribution in [0.3, 0.4) is 0 Å². The van der Waals surface area contributed by atoms with E-state index < -0.39 is 0 Å². The second-order valence-corrected chi connectivity index (χ2v) is 5.14. The lowest BCUT2D eigenvalue weighted by Gasteiger charge is -2.05. The van der Waals surface area contributed by atoms with Crippen molar-refractivity contribution in [1.29, 1.82) is 0 Å². The van der Waals surface area contributed by atoms with Crippen molar-refractivity contribution in [2.24, 2.45) is 0 Å². The zero-order chi connectivity index (χ0) is 13.0. The summed E-state index contributed by atoms with van der Waals surface area (Å²) >= 11 is 1.46. The van der Waals surface area contributed by atoms with Gasteiger partial charge in [-0.3, -0.25) is 9.59 Å². The first kappa shape index (κ1) is 12.8. The maximum atomic E-state index is 11.8. The van der Waals surface area contributed by atoms with Gasteiger partial charge in [0.2, 0.25) is 0 Å². The van der Waals surface area contributed by atoms with Crippen LogP contribution in [-0.2, 0) is 6.54 Å². The second kappa shape index (κ2) is 5.78. The molecule has 0 fully saturated rings. The Morgan fingerprint density at radius 1 is 1.33 bits per heavy atom. The first-order valence-corrected chi connectivity index (χ1v) is 6.79.